The molecule has 5 aromatic carbocycles. The molecule has 0 saturated carbocycles. The van der Waals surface area contributed by atoms with Crippen molar-refractivity contribution in [2.45, 2.75) is 0 Å². The highest BCUT2D eigenvalue weighted by molar-refractivity contribution is 6.10. The van der Waals surface area contributed by atoms with Gasteiger partial charge in [-0.1, -0.05) is 91.0 Å². The Labute approximate surface area is 324 Å². The van der Waals surface area contributed by atoms with Gasteiger partial charge in [0.05, 0.1) is 33.1 Å². The monoisotopic (exact) mass is 720 g/mol. The summed E-state index contributed by atoms with van der Waals surface area (Å²) >= 11 is 0. The van der Waals surface area contributed by atoms with Crippen LogP contribution in [0.25, 0.3) is 88.9 Å². The lowest BCUT2D eigenvalue weighted by molar-refractivity contribution is 0.996. The topological polar surface area (TPSA) is 59.7 Å². The second-order valence-electron chi connectivity index (χ2n) is 14.3. The van der Waals surface area contributed by atoms with Crippen LogP contribution in [0.15, 0.2) is 182 Å². The third-order valence-corrected chi connectivity index (χ3v) is 11.1. The van der Waals surface area contributed by atoms with Crippen molar-refractivity contribution in [1.29, 1.82) is 0 Å². The van der Waals surface area contributed by atoms with Crippen molar-refractivity contribution >= 4 is 55.3 Å². The van der Waals surface area contributed by atoms with Gasteiger partial charge in [-0.15, -0.1) is 0 Å². The van der Waals surface area contributed by atoms with Gasteiger partial charge < -0.3 is 19.8 Å². The van der Waals surface area contributed by atoms with Crippen LogP contribution in [0.1, 0.15) is 11.1 Å². The smallest absolute Gasteiger partial charge is 0.0963 e. The summed E-state index contributed by atoms with van der Waals surface area (Å²) < 4.78 is 4.69. The molecular weight excluding hydrogens is 685 g/mol. The van der Waals surface area contributed by atoms with Gasteiger partial charge in [0.1, 0.15) is 0 Å². The van der Waals surface area contributed by atoms with Crippen LogP contribution in [0.4, 0.5) is 0 Å². The first kappa shape index (κ1) is 32.0. The number of dihydropyridines is 2. The van der Waals surface area contributed by atoms with Crippen molar-refractivity contribution in [3.63, 3.8) is 0 Å². The number of fused-ring (bicyclic) bond motifs is 6. The molecule has 0 aliphatic carbocycles. The number of allylic oxidation sites excluding steroid dienone is 4. The predicted octanol–water partition coefficient (Wildman–Crippen LogP) is 11.0. The summed E-state index contributed by atoms with van der Waals surface area (Å²) in [6.07, 6.45) is 16.6. The number of aromatic nitrogens is 4. The summed E-state index contributed by atoms with van der Waals surface area (Å²) in [7, 11) is 0. The zero-order valence-corrected chi connectivity index (χ0v) is 30.5. The Morgan fingerprint density at radius 1 is 0.429 bits per heavy atom. The highest BCUT2D eigenvalue weighted by Gasteiger charge is 2.19. The van der Waals surface area contributed by atoms with Crippen LogP contribution in [0.3, 0.4) is 0 Å². The number of pyridine rings is 2. The van der Waals surface area contributed by atoms with Crippen molar-refractivity contribution in [3.05, 3.63) is 193 Å². The fraction of sp³-hybridized carbons (Fsp3) is 0.0400. The van der Waals surface area contributed by atoms with Gasteiger partial charge in [-0.05, 0) is 101 Å². The summed E-state index contributed by atoms with van der Waals surface area (Å²) in [6.45, 7) is 1.65. The van der Waals surface area contributed by atoms with Gasteiger partial charge >= 0.3 is 0 Å². The lowest BCUT2D eigenvalue weighted by Gasteiger charge is -2.17. The Kier molecular flexibility index (Phi) is 7.52. The molecule has 6 heterocycles. The van der Waals surface area contributed by atoms with E-state index in [-0.39, 0.29) is 0 Å². The number of hydrogen-bond donors (Lipinski definition) is 2. The molecule has 56 heavy (non-hydrogen) atoms. The quantitative estimate of drug-likeness (QED) is 0.180. The molecule has 2 N–H and O–H groups in total. The minimum atomic E-state index is 0.824. The summed E-state index contributed by atoms with van der Waals surface area (Å²) in [5.74, 6) is 0. The molecular formula is C50H36N6. The Morgan fingerprint density at radius 2 is 0.911 bits per heavy atom. The fourth-order valence-corrected chi connectivity index (χ4v) is 8.56. The summed E-state index contributed by atoms with van der Waals surface area (Å²) in [6, 6.07) is 48.0. The van der Waals surface area contributed by atoms with Crippen molar-refractivity contribution < 1.29 is 0 Å². The van der Waals surface area contributed by atoms with Crippen LogP contribution in [-0.4, -0.2) is 32.2 Å². The molecule has 9 aromatic rings. The maximum absolute atomic E-state index is 4.95. The Balaban J connectivity index is 1.06. The van der Waals surface area contributed by atoms with E-state index in [0.29, 0.717) is 0 Å². The van der Waals surface area contributed by atoms with Gasteiger partial charge in [-0.25, -0.2) is 0 Å². The minimum absolute atomic E-state index is 0.824. The second kappa shape index (κ2) is 13.1. The third kappa shape index (κ3) is 5.18. The number of hydrogen-bond acceptors (Lipinski definition) is 4. The van der Waals surface area contributed by atoms with Crippen LogP contribution in [0.2, 0.25) is 0 Å². The molecule has 266 valence electrons. The van der Waals surface area contributed by atoms with E-state index < -0.39 is 0 Å². The third-order valence-electron chi connectivity index (χ3n) is 11.1. The molecule has 11 rings (SSSR count). The lowest BCUT2D eigenvalue weighted by Crippen LogP contribution is -2.14. The largest absolute Gasteiger partial charge is 0.381 e. The zero-order valence-electron chi connectivity index (χ0n) is 30.5. The fourth-order valence-electron chi connectivity index (χ4n) is 8.56. The Morgan fingerprint density at radius 3 is 1.38 bits per heavy atom. The van der Waals surface area contributed by atoms with Gasteiger partial charge in [-0.2, -0.15) is 0 Å². The molecule has 4 aromatic heterocycles. The molecule has 0 atom stereocenters. The standard InChI is InChI=1S/C50H36N6/c1-3-16-39(43-18-5-7-26-51-43)37(14-1)33-22-24-45-41(30-33)49-47(20-10-28-53-49)55(45)35-12-9-13-36(32-35)56-46-25-23-34(31-42(46)50-48(56)21-11-29-54-50)38-15-2-4-17-40(38)44-19-6-8-27-52-44/h1-25,28-32,51-52H,26-27H2. The number of nitrogens with one attached hydrogen (secondary N) is 2. The number of benzene rings is 5. The average Bonchev–Trinajstić information content (AvgIpc) is 3.79. The molecule has 0 amide bonds. The molecule has 0 spiro atoms. The number of nitrogens with zero attached hydrogens (tertiary/aromatic N) is 4. The van der Waals surface area contributed by atoms with Crippen molar-refractivity contribution in [1.82, 2.24) is 29.7 Å². The highest BCUT2D eigenvalue weighted by Crippen LogP contribution is 2.39. The van der Waals surface area contributed by atoms with Gasteiger partial charge in [0.25, 0.3) is 0 Å². The van der Waals surface area contributed by atoms with Gasteiger partial charge in [-0.3, -0.25) is 9.97 Å². The van der Waals surface area contributed by atoms with Crippen molar-refractivity contribution in [2.24, 2.45) is 0 Å². The van der Waals surface area contributed by atoms with Gasteiger partial charge in [0.2, 0.25) is 0 Å². The number of rotatable bonds is 6. The van der Waals surface area contributed by atoms with Gasteiger partial charge in [0, 0.05) is 70.2 Å². The second-order valence-corrected chi connectivity index (χ2v) is 14.3. The lowest BCUT2D eigenvalue weighted by atomic mass is 9.96. The first-order valence-corrected chi connectivity index (χ1v) is 19.1. The predicted molar refractivity (Wildman–Crippen MR) is 232 cm³/mol. The van der Waals surface area contributed by atoms with E-state index in [4.69, 9.17) is 9.97 Å². The molecule has 6 nitrogen and oxygen atoms in total. The van der Waals surface area contributed by atoms with E-state index in [1.165, 1.54) is 22.3 Å². The van der Waals surface area contributed by atoms with Crippen LogP contribution in [-0.2, 0) is 0 Å². The van der Waals surface area contributed by atoms with E-state index >= 15 is 0 Å². The highest BCUT2D eigenvalue weighted by atomic mass is 15.0. The van der Waals surface area contributed by atoms with Gasteiger partial charge in [0.15, 0.2) is 0 Å². The van der Waals surface area contributed by atoms with E-state index in [1.54, 1.807) is 0 Å². The van der Waals surface area contributed by atoms with Crippen molar-refractivity contribution in [2.75, 3.05) is 13.1 Å². The van der Waals surface area contributed by atoms with Crippen LogP contribution >= 0.6 is 0 Å². The maximum Gasteiger partial charge on any atom is 0.0963 e. The van der Waals surface area contributed by atoms with E-state index in [9.17, 15) is 0 Å². The first-order chi connectivity index (χ1) is 27.8. The SMILES string of the molecule is C1=CCNC(c2ccccc2-c2ccc3c(c2)c2ncccc2n3-c2cccc(-n3c4ccc(-c5ccccc5C5=CC=CCN5)cc4c4ncccc43)c2)=C1. The minimum Gasteiger partial charge on any atom is -0.381 e. The van der Waals surface area contributed by atoms with Crippen LogP contribution in [0, 0.1) is 0 Å². The normalized spacial score (nSPS) is 13.9. The van der Waals surface area contributed by atoms with Crippen molar-refractivity contribution in [3.8, 4) is 33.6 Å². The summed E-state index contributed by atoms with van der Waals surface area (Å²) in [5.41, 5.74) is 17.8. The first-order valence-electron chi connectivity index (χ1n) is 19.1. The molecule has 0 bridgehead atoms. The molecule has 0 saturated heterocycles. The molecule has 0 unspecified atom stereocenters. The Hall–Kier alpha value is -7.44. The molecule has 6 heteroatoms. The maximum atomic E-state index is 4.95. The van der Waals surface area contributed by atoms with E-state index in [2.05, 4.69) is 178 Å². The summed E-state index contributed by atoms with van der Waals surface area (Å²) in [4.78, 5) is 9.90. The van der Waals surface area contributed by atoms with Crippen LogP contribution < -0.4 is 10.6 Å². The molecule has 0 fully saturated rings. The molecule has 0 radical (unpaired) electrons. The van der Waals surface area contributed by atoms with E-state index in [0.717, 1.165) is 90.9 Å². The Bertz CT molecular complexity index is 2940. The molecule has 2 aliphatic heterocycles. The van der Waals surface area contributed by atoms with Crippen LogP contribution in [0.5, 0.6) is 0 Å². The van der Waals surface area contributed by atoms with E-state index in [1.807, 2.05) is 24.5 Å². The average molecular weight is 721 g/mol. The zero-order chi connectivity index (χ0) is 37.0. The summed E-state index contributed by atoms with van der Waals surface area (Å²) in [5, 5.41) is 9.33. The molecule has 2 aliphatic rings.